The van der Waals surface area contributed by atoms with Gasteiger partial charge >= 0.3 is 0 Å². The molecule has 3 rings (SSSR count). The van der Waals surface area contributed by atoms with Gasteiger partial charge in [-0.15, -0.1) is 11.3 Å². The summed E-state index contributed by atoms with van der Waals surface area (Å²) < 4.78 is 0.963. The average Bonchev–Trinajstić information content (AvgIpc) is 3.02. The Morgan fingerprint density at radius 1 is 1.21 bits per heavy atom. The molecule has 1 nitrogen and oxygen atoms in total. The Labute approximate surface area is 125 Å². The molecular weight excluding hydrogens is 274 g/mol. The second kappa shape index (κ2) is 6.60. The third kappa shape index (κ3) is 3.53. The number of hydrogen-bond acceptors (Lipinski definition) is 2. The van der Waals surface area contributed by atoms with Crippen molar-refractivity contribution < 1.29 is 0 Å². The molecule has 1 atom stereocenters. The molecule has 2 aliphatic rings. The molecule has 1 heterocycles. The van der Waals surface area contributed by atoms with Gasteiger partial charge < -0.3 is 5.32 Å². The number of rotatable bonds is 5. The van der Waals surface area contributed by atoms with Gasteiger partial charge in [-0.1, -0.05) is 37.3 Å². The molecular formula is C16H24ClNS. The van der Waals surface area contributed by atoms with Crippen LogP contribution in [0.2, 0.25) is 4.34 Å². The van der Waals surface area contributed by atoms with Crippen LogP contribution in [0.4, 0.5) is 0 Å². The molecule has 3 heteroatoms. The first-order valence-corrected chi connectivity index (χ1v) is 9.04. The third-order valence-electron chi connectivity index (χ3n) is 4.74. The van der Waals surface area contributed by atoms with Gasteiger partial charge in [0.05, 0.1) is 4.34 Å². The van der Waals surface area contributed by atoms with Crippen molar-refractivity contribution in [2.24, 2.45) is 5.92 Å². The van der Waals surface area contributed by atoms with Crippen molar-refractivity contribution in [2.75, 3.05) is 6.54 Å². The van der Waals surface area contributed by atoms with Crippen LogP contribution in [0.1, 0.15) is 67.8 Å². The zero-order valence-corrected chi connectivity index (χ0v) is 13.2. The number of halogens is 1. The molecule has 2 aliphatic carbocycles. The maximum Gasteiger partial charge on any atom is 0.0934 e. The second-order valence-electron chi connectivity index (χ2n) is 6.12. The summed E-state index contributed by atoms with van der Waals surface area (Å²) in [7, 11) is 0. The quantitative estimate of drug-likeness (QED) is 0.723. The molecule has 1 fully saturated rings. The highest BCUT2D eigenvalue weighted by molar-refractivity contribution is 7.16. The summed E-state index contributed by atoms with van der Waals surface area (Å²) in [5.41, 5.74) is 1.49. The van der Waals surface area contributed by atoms with Gasteiger partial charge in [0, 0.05) is 10.9 Å². The van der Waals surface area contributed by atoms with Gasteiger partial charge in [0.25, 0.3) is 0 Å². The van der Waals surface area contributed by atoms with Gasteiger partial charge in [-0.3, -0.25) is 0 Å². The van der Waals surface area contributed by atoms with Gasteiger partial charge in [0.1, 0.15) is 0 Å². The summed E-state index contributed by atoms with van der Waals surface area (Å²) in [5.74, 6) is 1.03. The van der Waals surface area contributed by atoms with Crippen LogP contribution in [0.5, 0.6) is 0 Å². The van der Waals surface area contributed by atoms with Crippen LogP contribution >= 0.6 is 22.9 Å². The highest BCUT2D eigenvalue weighted by Crippen LogP contribution is 2.37. The average molecular weight is 298 g/mol. The Morgan fingerprint density at radius 2 is 2.05 bits per heavy atom. The summed E-state index contributed by atoms with van der Waals surface area (Å²) in [6.07, 6.45) is 12.5. The van der Waals surface area contributed by atoms with Gasteiger partial charge in [-0.2, -0.15) is 0 Å². The number of thiophene rings is 1. The lowest BCUT2D eigenvalue weighted by molar-refractivity contribution is 0.424. The number of hydrogen-bond donors (Lipinski definition) is 1. The van der Waals surface area contributed by atoms with E-state index in [1.54, 1.807) is 11.3 Å². The van der Waals surface area contributed by atoms with E-state index in [0.717, 1.165) is 10.3 Å². The molecule has 0 aromatic carbocycles. The Balaban J connectivity index is 1.45. The molecule has 0 saturated heterocycles. The highest BCUT2D eigenvalue weighted by Gasteiger charge is 2.22. The summed E-state index contributed by atoms with van der Waals surface area (Å²) >= 11 is 7.93. The molecule has 0 bridgehead atoms. The van der Waals surface area contributed by atoms with Crippen molar-refractivity contribution in [3.05, 3.63) is 20.8 Å². The molecule has 1 unspecified atom stereocenters. The lowest BCUT2D eigenvalue weighted by atomic mass is 9.94. The largest absolute Gasteiger partial charge is 0.310 e. The monoisotopic (exact) mass is 297 g/mol. The molecule has 19 heavy (non-hydrogen) atoms. The van der Waals surface area contributed by atoms with E-state index in [9.17, 15) is 0 Å². The van der Waals surface area contributed by atoms with E-state index in [2.05, 4.69) is 11.4 Å². The lowest BCUT2D eigenvalue weighted by Crippen LogP contribution is -2.25. The predicted octanol–water partition coefficient (Wildman–Crippen LogP) is 5.34. The number of fused-ring (bicyclic) bond motifs is 1. The smallest absolute Gasteiger partial charge is 0.0934 e. The van der Waals surface area contributed by atoms with E-state index >= 15 is 0 Å². The van der Waals surface area contributed by atoms with Crippen LogP contribution in [-0.2, 0) is 6.42 Å². The van der Waals surface area contributed by atoms with Crippen molar-refractivity contribution in [3.8, 4) is 0 Å². The van der Waals surface area contributed by atoms with Gasteiger partial charge in [0.15, 0.2) is 0 Å². The predicted molar refractivity (Wildman–Crippen MR) is 84.2 cm³/mol. The summed E-state index contributed by atoms with van der Waals surface area (Å²) in [6, 6.07) is 2.76. The van der Waals surface area contributed by atoms with Crippen LogP contribution < -0.4 is 5.32 Å². The van der Waals surface area contributed by atoms with Gasteiger partial charge in [0.2, 0.25) is 0 Å². The van der Waals surface area contributed by atoms with Crippen molar-refractivity contribution >= 4 is 22.9 Å². The minimum absolute atomic E-state index is 0.566. The summed E-state index contributed by atoms with van der Waals surface area (Å²) in [4.78, 5) is 1.52. The first-order chi connectivity index (χ1) is 9.33. The fourth-order valence-electron chi connectivity index (χ4n) is 3.70. The van der Waals surface area contributed by atoms with Crippen LogP contribution in [0, 0.1) is 5.92 Å². The van der Waals surface area contributed by atoms with Crippen molar-refractivity contribution in [3.63, 3.8) is 0 Å². The fraction of sp³-hybridized carbons (Fsp3) is 0.750. The topological polar surface area (TPSA) is 12.0 Å². The summed E-state index contributed by atoms with van der Waals surface area (Å²) in [6.45, 7) is 1.17. The lowest BCUT2D eigenvalue weighted by Gasteiger charge is -2.24. The summed E-state index contributed by atoms with van der Waals surface area (Å²) in [5, 5.41) is 3.76. The first-order valence-electron chi connectivity index (χ1n) is 7.84. The van der Waals surface area contributed by atoms with Crippen molar-refractivity contribution in [2.45, 2.75) is 63.8 Å². The zero-order valence-electron chi connectivity index (χ0n) is 11.6. The van der Waals surface area contributed by atoms with E-state index in [1.807, 2.05) is 0 Å². The maximum absolute atomic E-state index is 6.15. The van der Waals surface area contributed by atoms with E-state index in [-0.39, 0.29) is 0 Å². The van der Waals surface area contributed by atoms with E-state index in [4.69, 9.17) is 11.6 Å². The molecule has 106 valence electrons. The zero-order chi connectivity index (χ0) is 13.1. The van der Waals surface area contributed by atoms with E-state index in [0.29, 0.717) is 6.04 Å². The van der Waals surface area contributed by atoms with Crippen LogP contribution in [0.25, 0.3) is 0 Å². The molecule has 1 aromatic heterocycles. The van der Waals surface area contributed by atoms with E-state index in [1.165, 1.54) is 74.8 Å². The Morgan fingerprint density at radius 3 is 2.89 bits per heavy atom. The molecule has 0 radical (unpaired) electrons. The normalized spacial score (nSPS) is 23.7. The van der Waals surface area contributed by atoms with Crippen LogP contribution in [0.15, 0.2) is 6.07 Å². The number of aryl methyl sites for hydroxylation is 1. The second-order valence-corrected chi connectivity index (χ2v) is 7.89. The van der Waals surface area contributed by atoms with E-state index < -0.39 is 0 Å². The molecule has 1 aromatic rings. The Bertz CT molecular complexity index is 409. The fourth-order valence-corrected chi connectivity index (χ4v) is 5.08. The van der Waals surface area contributed by atoms with Gasteiger partial charge in [-0.05, 0) is 56.2 Å². The molecule has 0 spiro atoms. The Kier molecular flexibility index (Phi) is 4.83. The number of nitrogens with one attached hydrogen (secondary N) is 1. The molecule has 1 N–H and O–H groups in total. The van der Waals surface area contributed by atoms with Crippen molar-refractivity contribution in [1.29, 1.82) is 0 Å². The third-order valence-corrected chi connectivity index (χ3v) is 6.08. The standard InChI is InChI=1S/C16H24ClNS/c17-16-11-13-14(8-3-9-15(13)19-16)18-10-4-7-12-5-1-2-6-12/h11-12,14,18H,1-10H2. The molecule has 0 amide bonds. The first kappa shape index (κ1) is 13.9. The minimum atomic E-state index is 0.566. The molecule has 1 saturated carbocycles. The van der Waals surface area contributed by atoms with Crippen LogP contribution in [0.3, 0.4) is 0 Å². The van der Waals surface area contributed by atoms with Gasteiger partial charge in [-0.25, -0.2) is 0 Å². The SMILES string of the molecule is Clc1cc2c(s1)CCCC2NCCCC1CCCC1. The Hall–Kier alpha value is -0.0500. The molecule has 0 aliphatic heterocycles. The van der Waals surface area contributed by atoms with Crippen LogP contribution in [-0.4, -0.2) is 6.54 Å². The maximum atomic E-state index is 6.15. The minimum Gasteiger partial charge on any atom is -0.310 e. The highest BCUT2D eigenvalue weighted by atomic mass is 35.5. The van der Waals surface area contributed by atoms with Crippen molar-refractivity contribution in [1.82, 2.24) is 5.32 Å².